The predicted octanol–water partition coefficient (Wildman–Crippen LogP) is 18.7. The highest BCUT2D eigenvalue weighted by Gasteiger charge is 2.19. The molecule has 6 nitrogen and oxygen atoms in total. The van der Waals surface area contributed by atoms with Crippen LogP contribution in [0.4, 0.5) is 0 Å². The Hall–Kier alpha value is -2.63. The largest absolute Gasteiger partial charge is 0.462 e. The zero-order valence-electron chi connectivity index (χ0n) is 43.3. The summed E-state index contributed by atoms with van der Waals surface area (Å²) in [5, 5.41) is 0. The van der Waals surface area contributed by atoms with Gasteiger partial charge in [-0.3, -0.25) is 14.4 Å². The van der Waals surface area contributed by atoms with Crippen molar-refractivity contribution in [2.75, 3.05) is 13.2 Å². The van der Waals surface area contributed by atoms with Crippen LogP contribution < -0.4 is 0 Å². The molecule has 0 aromatic heterocycles. The van der Waals surface area contributed by atoms with E-state index < -0.39 is 6.10 Å². The smallest absolute Gasteiger partial charge is 0.306 e. The number of unbranched alkanes of at least 4 members (excludes halogenated alkanes) is 32. The van der Waals surface area contributed by atoms with Gasteiger partial charge in [-0.05, 0) is 57.8 Å². The van der Waals surface area contributed by atoms with Crippen molar-refractivity contribution >= 4 is 17.9 Å². The number of ether oxygens (including phenoxy) is 3. The maximum Gasteiger partial charge on any atom is 0.306 e. The van der Waals surface area contributed by atoms with Crippen LogP contribution in [0.15, 0.2) is 48.6 Å². The Kier molecular flexibility index (Phi) is 51.8. The molecule has 0 aliphatic heterocycles. The van der Waals surface area contributed by atoms with E-state index in [-0.39, 0.29) is 31.1 Å². The average molecular weight is 911 g/mol. The van der Waals surface area contributed by atoms with Crippen LogP contribution in [-0.4, -0.2) is 37.2 Å². The quantitative estimate of drug-likeness (QED) is 0.0262. The first kappa shape index (κ1) is 62.4. The maximum absolute atomic E-state index is 12.8. The van der Waals surface area contributed by atoms with Gasteiger partial charge in [0, 0.05) is 19.3 Å². The highest BCUT2D eigenvalue weighted by Crippen LogP contribution is 2.17. The first-order valence-electron chi connectivity index (χ1n) is 28.1. The standard InChI is InChI=1S/C59H106O6/c1-4-7-10-13-16-19-22-24-26-28-29-31-33-35-38-40-43-46-49-52-58(61)64-55-56(65-59(62)53-50-47-44-41-36-21-18-15-12-9-6-3)54-63-57(60)51-48-45-42-39-37-34-32-30-27-25-23-20-17-14-11-8-5-2/h8,11,17,20,25,27,32,34,56H,4-7,9-10,12-16,18-19,21-24,26,28-31,33,35-55H2,1-3H3/b11-8-,20-17-,27-25-,34-32-/t56-/m1/s1. The number of allylic oxidation sites excluding steroid dienone is 8. The summed E-state index contributed by atoms with van der Waals surface area (Å²) < 4.78 is 16.8. The zero-order valence-corrected chi connectivity index (χ0v) is 43.3. The van der Waals surface area contributed by atoms with Crippen LogP contribution in [-0.2, 0) is 28.6 Å². The van der Waals surface area contributed by atoms with Gasteiger partial charge in [0.05, 0.1) is 0 Å². The molecule has 6 heteroatoms. The molecule has 0 aliphatic rings. The lowest BCUT2D eigenvalue weighted by Gasteiger charge is -2.18. The molecule has 0 spiro atoms. The summed E-state index contributed by atoms with van der Waals surface area (Å²) in [6.07, 6.45) is 65.3. The molecule has 0 bridgehead atoms. The molecule has 0 heterocycles. The van der Waals surface area contributed by atoms with Gasteiger partial charge in [-0.25, -0.2) is 0 Å². The molecule has 1 atom stereocenters. The third kappa shape index (κ3) is 52.2. The summed E-state index contributed by atoms with van der Waals surface area (Å²) in [7, 11) is 0. The summed E-state index contributed by atoms with van der Waals surface area (Å²) in [6.45, 7) is 6.53. The van der Waals surface area contributed by atoms with Crippen molar-refractivity contribution in [2.45, 2.75) is 297 Å². The van der Waals surface area contributed by atoms with E-state index in [0.29, 0.717) is 19.3 Å². The first-order chi connectivity index (χ1) is 32.0. The first-order valence-corrected chi connectivity index (χ1v) is 28.1. The summed E-state index contributed by atoms with van der Waals surface area (Å²) in [5.41, 5.74) is 0. The topological polar surface area (TPSA) is 78.9 Å². The summed E-state index contributed by atoms with van der Waals surface area (Å²) in [6, 6.07) is 0. The fourth-order valence-electron chi connectivity index (χ4n) is 8.14. The number of carbonyl (C=O) groups is 3. The molecule has 0 radical (unpaired) electrons. The van der Waals surface area contributed by atoms with E-state index in [1.807, 2.05) is 0 Å². The van der Waals surface area contributed by atoms with Crippen molar-refractivity contribution in [1.29, 1.82) is 0 Å². The van der Waals surface area contributed by atoms with E-state index >= 15 is 0 Å². The van der Waals surface area contributed by atoms with Crippen molar-refractivity contribution < 1.29 is 28.6 Å². The van der Waals surface area contributed by atoms with E-state index in [4.69, 9.17) is 14.2 Å². The highest BCUT2D eigenvalue weighted by atomic mass is 16.6. The van der Waals surface area contributed by atoms with E-state index in [0.717, 1.165) is 96.3 Å². The Morgan fingerprint density at radius 1 is 0.323 bits per heavy atom. The van der Waals surface area contributed by atoms with Crippen LogP contribution in [0.2, 0.25) is 0 Å². The number of carbonyl (C=O) groups excluding carboxylic acids is 3. The maximum atomic E-state index is 12.8. The molecule has 65 heavy (non-hydrogen) atoms. The van der Waals surface area contributed by atoms with Crippen molar-refractivity contribution in [3.8, 4) is 0 Å². The molecule has 0 unspecified atom stereocenters. The minimum absolute atomic E-state index is 0.0769. The van der Waals surface area contributed by atoms with Gasteiger partial charge in [0.25, 0.3) is 0 Å². The minimum Gasteiger partial charge on any atom is -0.462 e. The summed E-state index contributed by atoms with van der Waals surface area (Å²) in [5.74, 6) is -0.888. The number of hydrogen-bond acceptors (Lipinski definition) is 6. The van der Waals surface area contributed by atoms with E-state index in [2.05, 4.69) is 69.4 Å². The van der Waals surface area contributed by atoms with Crippen LogP contribution in [0.25, 0.3) is 0 Å². The number of hydrogen-bond donors (Lipinski definition) is 0. The predicted molar refractivity (Wildman–Crippen MR) is 279 cm³/mol. The highest BCUT2D eigenvalue weighted by molar-refractivity contribution is 5.71. The normalized spacial score (nSPS) is 12.4. The van der Waals surface area contributed by atoms with Crippen LogP contribution in [0.1, 0.15) is 290 Å². The fourth-order valence-corrected chi connectivity index (χ4v) is 8.14. The third-order valence-corrected chi connectivity index (χ3v) is 12.3. The fraction of sp³-hybridized carbons (Fsp3) is 0.814. The average Bonchev–Trinajstić information content (AvgIpc) is 3.30. The van der Waals surface area contributed by atoms with Crippen LogP contribution in [0.3, 0.4) is 0 Å². The second-order valence-corrected chi connectivity index (χ2v) is 18.8. The molecular weight excluding hydrogens is 805 g/mol. The molecular formula is C59H106O6. The Bertz CT molecular complexity index is 1140. The Morgan fingerprint density at radius 2 is 0.600 bits per heavy atom. The van der Waals surface area contributed by atoms with Gasteiger partial charge in [0.15, 0.2) is 6.10 Å². The second-order valence-electron chi connectivity index (χ2n) is 18.8. The van der Waals surface area contributed by atoms with Gasteiger partial charge in [-0.15, -0.1) is 0 Å². The van der Waals surface area contributed by atoms with E-state index in [1.165, 1.54) is 154 Å². The lowest BCUT2D eigenvalue weighted by molar-refractivity contribution is -0.167. The molecule has 0 aromatic carbocycles. The van der Waals surface area contributed by atoms with Gasteiger partial charge in [-0.1, -0.05) is 262 Å². The van der Waals surface area contributed by atoms with Crippen molar-refractivity contribution in [2.24, 2.45) is 0 Å². The van der Waals surface area contributed by atoms with E-state index in [1.54, 1.807) is 0 Å². The van der Waals surface area contributed by atoms with Gasteiger partial charge in [0.2, 0.25) is 0 Å². The van der Waals surface area contributed by atoms with Gasteiger partial charge < -0.3 is 14.2 Å². The summed E-state index contributed by atoms with van der Waals surface area (Å²) in [4.78, 5) is 38.1. The van der Waals surface area contributed by atoms with Crippen molar-refractivity contribution in [1.82, 2.24) is 0 Å². The van der Waals surface area contributed by atoms with Gasteiger partial charge in [0.1, 0.15) is 13.2 Å². The molecule has 0 N–H and O–H groups in total. The van der Waals surface area contributed by atoms with Crippen LogP contribution in [0.5, 0.6) is 0 Å². The molecule has 0 rings (SSSR count). The van der Waals surface area contributed by atoms with Crippen molar-refractivity contribution in [3.05, 3.63) is 48.6 Å². The third-order valence-electron chi connectivity index (χ3n) is 12.3. The zero-order chi connectivity index (χ0) is 47.2. The molecule has 0 aliphatic carbocycles. The molecule has 378 valence electrons. The Balaban J connectivity index is 4.31. The van der Waals surface area contributed by atoms with E-state index in [9.17, 15) is 14.4 Å². The lowest BCUT2D eigenvalue weighted by Crippen LogP contribution is -2.30. The number of esters is 3. The minimum atomic E-state index is -0.778. The SMILES string of the molecule is CC/C=C\C/C=C\C/C=C\C/C=C\CCCCCCC(=O)OC[C@H](COC(=O)CCCCCCCCCCCCCCCCCCCCC)OC(=O)CCCCCCCCCCCCC. The van der Waals surface area contributed by atoms with Crippen LogP contribution >= 0.6 is 0 Å². The lowest BCUT2D eigenvalue weighted by atomic mass is 10.0. The molecule has 0 saturated heterocycles. The molecule has 0 fully saturated rings. The molecule has 0 amide bonds. The van der Waals surface area contributed by atoms with Gasteiger partial charge in [-0.2, -0.15) is 0 Å². The monoisotopic (exact) mass is 911 g/mol. The Labute approximate surface area is 403 Å². The molecule has 0 saturated carbocycles. The summed E-state index contributed by atoms with van der Waals surface area (Å²) >= 11 is 0. The van der Waals surface area contributed by atoms with Crippen molar-refractivity contribution in [3.63, 3.8) is 0 Å². The van der Waals surface area contributed by atoms with Crippen LogP contribution in [0, 0.1) is 0 Å². The number of rotatable bonds is 51. The molecule has 0 aromatic rings. The Morgan fingerprint density at radius 3 is 0.938 bits per heavy atom. The second kappa shape index (κ2) is 54.0. The van der Waals surface area contributed by atoms with Gasteiger partial charge >= 0.3 is 17.9 Å².